The molecule has 0 bridgehead atoms. The first-order chi connectivity index (χ1) is 18.1. The molecule has 2 aliphatic heterocycles. The zero-order valence-electron chi connectivity index (χ0n) is 21.3. The molecule has 3 aromatic rings. The molecule has 3 atom stereocenters. The van der Waals surface area contributed by atoms with Gasteiger partial charge in [0.2, 0.25) is 0 Å². The Labute approximate surface area is 219 Å². The quantitative estimate of drug-likeness (QED) is 0.259. The number of nitrogens with zero attached hydrogens (tertiary/aromatic N) is 2. The van der Waals surface area contributed by atoms with Gasteiger partial charge in [0.25, 0.3) is 5.69 Å². The monoisotopic (exact) mass is 506 g/mol. The Morgan fingerprint density at radius 3 is 2.05 bits per heavy atom. The molecule has 1 fully saturated rings. The van der Waals surface area contributed by atoms with Crippen LogP contribution in [0.1, 0.15) is 58.5 Å². The third kappa shape index (κ3) is 3.05. The molecule has 1 spiro atoms. The van der Waals surface area contributed by atoms with Gasteiger partial charge in [-0.2, -0.15) is 0 Å². The molecule has 0 aromatic heterocycles. The van der Waals surface area contributed by atoms with Gasteiger partial charge in [0.15, 0.2) is 17.3 Å². The summed E-state index contributed by atoms with van der Waals surface area (Å²) in [7, 11) is 0. The van der Waals surface area contributed by atoms with E-state index in [2.05, 4.69) is 0 Å². The highest BCUT2D eigenvalue weighted by atomic mass is 16.6. The van der Waals surface area contributed by atoms with Crippen LogP contribution < -0.4 is 4.90 Å². The van der Waals surface area contributed by atoms with Crippen LogP contribution in [-0.2, 0) is 4.79 Å². The van der Waals surface area contributed by atoms with Gasteiger partial charge in [-0.05, 0) is 17.2 Å². The minimum absolute atomic E-state index is 0.102. The molecule has 38 heavy (non-hydrogen) atoms. The zero-order chi connectivity index (χ0) is 27.0. The van der Waals surface area contributed by atoms with E-state index in [0.29, 0.717) is 16.7 Å². The van der Waals surface area contributed by atoms with E-state index in [4.69, 9.17) is 0 Å². The summed E-state index contributed by atoms with van der Waals surface area (Å²) in [5, 5.41) is 11.4. The van der Waals surface area contributed by atoms with Crippen LogP contribution in [0.25, 0.3) is 6.08 Å². The van der Waals surface area contributed by atoms with Gasteiger partial charge in [0, 0.05) is 40.3 Å². The van der Waals surface area contributed by atoms with Crippen molar-refractivity contribution in [3.8, 4) is 0 Å². The molecule has 3 aromatic carbocycles. The molecular weight excluding hydrogens is 480 g/mol. The molecule has 0 amide bonds. The normalized spacial score (nSPS) is 22.8. The summed E-state index contributed by atoms with van der Waals surface area (Å²) in [4.78, 5) is 56.1. The molecule has 3 aliphatic rings. The lowest BCUT2D eigenvalue weighted by molar-refractivity contribution is -0.384. The molecule has 190 valence electrons. The Bertz CT molecular complexity index is 1530. The van der Waals surface area contributed by atoms with Crippen molar-refractivity contribution in [3.63, 3.8) is 0 Å². The molecule has 1 aliphatic carbocycles. The van der Waals surface area contributed by atoms with Crippen LogP contribution in [0.4, 0.5) is 11.4 Å². The molecule has 7 heteroatoms. The number of Topliss-reactive ketones (excluding diaryl/α,β-unsaturated/α-hetero) is 3. The second kappa shape index (κ2) is 8.05. The number of nitro groups is 1. The Morgan fingerprint density at radius 1 is 0.895 bits per heavy atom. The van der Waals surface area contributed by atoms with Crippen LogP contribution in [0.3, 0.4) is 0 Å². The molecule has 2 heterocycles. The number of nitro benzene ring substituents is 1. The van der Waals surface area contributed by atoms with Gasteiger partial charge in [-0.25, -0.2) is 0 Å². The summed E-state index contributed by atoms with van der Waals surface area (Å²) in [5.74, 6) is -1.60. The van der Waals surface area contributed by atoms with Gasteiger partial charge >= 0.3 is 0 Å². The summed E-state index contributed by atoms with van der Waals surface area (Å²) in [6.07, 6.45) is 3.79. The fourth-order valence-corrected chi connectivity index (χ4v) is 6.54. The third-order valence-corrected chi connectivity index (χ3v) is 8.18. The van der Waals surface area contributed by atoms with Gasteiger partial charge in [0.1, 0.15) is 5.41 Å². The van der Waals surface area contributed by atoms with Crippen LogP contribution in [0.2, 0.25) is 0 Å². The summed E-state index contributed by atoms with van der Waals surface area (Å²) in [5.41, 5.74) is 0.431. The standard InChI is InChI=1S/C31H26N2O5/c1-30(2,3)29(36)26-25(19-12-15-20(16-13-19)33(37)38)31(27(34)21-9-5-6-10-22(21)28(31)35)24-17-14-18-8-4-7-11-23(18)32(24)26/h4-17,24-26H,1-3H3/t24-,25-,26-/m0/s1. The number of carbonyl (C=O) groups excluding carboxylic acids is 3. The summed E-state index contributed by atoms with van der Waals surface area (Å²) < 4.78 is 0. The molecule has 1 saturated heterocycles. The Hall–Kier alpha value is -4.39. The van der Waals surface area contributed by atoms with Crippen LogP contribution >= 0.6 is 0 Å². The van der Waals surface area contributed by atoms with Gasteiger partial charge in [-0.1, -0.05) is 87.5 Å². The number of carbonyl (C=O) groups is 3. The van der Waals surface area contributed by atoms with E-state index < -0.39 is 33.8 Å². The predicted octanol–water partition coefficient (Wildman–Crippen LogP) is 5.64. The Balaban J connectivity index is 1.68. The van der Waals surface area contributed by atoms with Crippen molar-refractivity contribution >= 4 is 34.8 Å². The highest BCUT2D eigenvalue weighted by Crippen LogP contribution is 2.61. The van der Waals surface area contributed by atoms with Crippen LogP contribution in [0.15, 0.2) is 78.9 Å². The highest BCUT2D eigenvalue weighted by Gasteiger charge is 2.71. The number of anilines is 1. The molecule has 0 radical (unpaired) electrons. The lowest BCUT2D eigenvalue weighted by atomic mass is 9.63. The molecule has 6 rings (SSSR count). The molecule has 7 nitrogen and oxygen atoms in total. The van der Waals surface area contributed by atoms with E-state index in [1.54, 1.807) is 36.4 Å². The van der Waals surface area contributed by atoms with Crippen LogP contribution in [-0.4, -0.2) is 34.4 Å². The molecular formula is C31H26N2O5. The average molecular weight is 507 g/mol. The lowest BCUT2D eigenvalue weighted by Gasteiger charge is -2.38. The van der Waals surface area contributed by atoms with Crippen LogP contribution in [0, 0.1) is 20.9 Å². The minimum atomic E-state index is -1.60. The number of hydrogen-bond donors (Lipinski definition) is 0. The number of hydrogen-bond acceptors (Lipinski definition) is 6. The summed E-state index contributed by atoms with van der Waals surface area (Å²) in [6, 6.07) is 18.8. The molecule has 0 saturated carbocycles. The van der Waals surface area contributed by atoms with Crippen molar-refractivity contribution in [2.24, 2.45) is 10.8 Å². The topological polar surface area (TPSA) is 97.6 Å². The first-order valence-corrected chi connectivity index (χ1v) is 12.6. The van der Waals surface area contributed by atoms with E-state index in [1.807, 2.05) is 62.1 Å². The smallest absolute Gasteiger partial charge is 0.269 e. The maximum atomic E-state index is 14.5. The number of fused-ring (bicyclic) bond motifs is 5. The van der Waals surface area contributed by atoms with Gasteiger partial charge in [-0.15, -0.1) is 0 Å². The summed E-state index contributed by atoms with van der Waals surface area (Å²) in [6.45, 7) is 5.50. The van der Waals surface area contributed by atoms with Crippen molar-refractivity contribution in [3.05, 3.63) is 111 Å². The second-order valence-electron chi connectivity index (χ2n) is 11.2. The minimum Gasteiger partial charge on any atom is -0.352 e. The first-order valence-electron chi connectivity index (χ1n) is 12.6. The second-order valence-corrected chi connectivity index (χ2v) is 11.2. The first kappa shape index (κ1) is 24.0. The van der Waals surface area contributed by atoms with E-state index in [9.17, 15) is 24.5 Å². The number of rotatable bonds is 3. The number of non-ortho nitro benzene ring substituents is 1. The van der Waals surface area contributed by atoms with Crippen molar-refractivity contribution in [1.82, 2.24) is 0 Å². The lowest BCUT2D eigenvalue weighted by Crippen LogP contribution is -2.49. The van der Waals surface area contributed by atoms with Crippen molar-refractivity contribution < 1.29 is 19.3 Å². The van der Waals surface area contributed by atoms with Crippen molar-refractivity contribution in [1.29, 1.82) is 0 Å². The molecule has 0 N–H and O–H groups in total. The predicted molar refractivity (Wildman–Crippen MR) is 143 cm³/mol. The number of para-hydroxylation sites is 1. The fraction of sp³-hybridized carbons (Fsp3) is 0.258. The van der Waals surface area contributed by atoms with Gasteiger partial charge < -0.3 is 4.90 Å². The third-order valence-electron chi connectivity index (χ3n) is 8.18. The van der Waals surface area contributed by atoms with Crippen molar-refractivity contribution in [2.45, 2.75) is 38.8 Å². The SMILES string of the molecule is CC(C)(C)C(=O)[C@@H]1[C@H](c2ccc([N+](=O)[O-])cc2)C2(C(=O)c3ccccc3C2=O)[C@@H]2C=Cc3ccccc3N12. The zero-order valence-corrected chi connectivity index (χ0v) is 21.3. The van der Waals surface area contributed by atoms with Gasteiger partial charge in [0.05, 0.1) is 17.0 Å². The van der Waals surface area contributed by atoms with Crippen LogP contribution in [0.5, 0.6) is 0 Å². The average Bonchev–Trinajstić information content (AvgIpc) is 3.34. The van der Waals surface area contributed by atoms with Gasteiger partial charge in [-0.3, -0.25) is 24.5 Å². The summed E-state index contributed by atoms with van der Waals surface area (Å²) >= 11 is 0. The Kier molecular flexibility index (Phi) is 5.08. The largest absolute Gasteiger partial charge is 0.352 e. The maximum absolute atomic E-state index is 14.5. The van der Waals surface area contributed by atoms with E-state index >= 15 is 0 Å². The fourth-order valence-electron chi connectivity index (χ4n) is 6.54. The van der Waals surface area contributed by atoms with Crippen molar-refractivity contribution in [2.75, 3.05) is 4.90 Å². The van der Waals surface area contributed by atoms with E-state index in [1.165, 1.54) is 12.1 Å². The van der Waals surface area contributed by atoms with E-state index in [0.717, 1.165) is 11.3 Å². The maximum Gasteiger partial charge on any atom is 0.269 e. The Morgan fingerprint density at radius 2 is 1.47 bits per heavy atom. The molecule has 0 unspecified atom stereocenters. The van der Waals surface area contributed by atoms with E-state index in [-0.39, 0.29) is 23.0 Å². The number of benzene rings is 3. The highest BCUT2D eigenvalue weighted by molar-refractivity contribution is 6.32. The number of ketones is 3.